The highest BCUT2D eigenvalue weighted by molar-refractivity contribution is 9.10. The van der Waals surface area contributed by atoms with Gasteiger partial charge in [-0.2, -0.15) is 0 Å². The van der Waals surface area contributed by atoms with Crippen LogP contribution in [-0.4, -0.2) is 10.6 Å². The molecule has 0 spiro atoms. The van der Waals surface area contributed by atoms with Gasteiger partial charge in [-0.3, -0.25) is 4.79 Å². The minimum atomic E-state index is -0.504. The van der Waals surface area contributed by atoms with Gasteiger partial charge in [-0.05, 0) is 24.6 Å². The van der Waals surface area contributed by atoms with Gasteiger partial charge < -0.3 is 0 Å². The number of alkyl halides is 2. The number of halogens is 3. The Morgan fingerprint density at radius 3 is 2.79 bits per heavy atom. The number of benzene rings is 1. The largest absolute Gasteiger partial charge is 0.293 e. The van der Waals surface area contributed by atoms with Gasteiger partial charge >= 0.3 is 0 Å². The van der Waals surface area contributed by atoms with Crippen LogP contribution in [0.2, 0.25) is 0 Å². The van der Waals surface area contributed by atoms with Crippen molar-refractivity contribution in [2.75, 3.05) is 0 Å². The van der Waals surface area contributed by atoms with Crippen molar-refractivity contribution in [3.63, 3.8) is 0 Å². The summed E-state index contributed by atoms with van der Waals surface area (Å²) >= 11 is 8.70. The standard InChI is InChI=1S/C10H9BrClFO/c1-6(11)10(14)8-4-7(5-12)2-3-9(8)13/h2-4,6H,5H2,1H3. The van der Waals surface area contributed by atoms with E-state index in [0.717, 1.165) is 5.56 Å². The second-order valence-electron chi connectivity index (χ2n) is 2.93. The van der Waals surface area contributed by atoms with E-state index in [1.165, 1.54) is 12.1 Å². The van der Waals surface area contributed by atoms with E-state index < -0.39 is 5.82 Å². The number of hydrogen-bond acceptors (Lipinski definition) is 1. The van der Waals surface area contributed by atoms with Gasteiger partial charge in [-0.15, -0.1) is 11.6 Å². The van der Waals surface area contributed by atoms with Crippen LogP contribution in [0.5, 0.6) is 0 Å². The second-order valence-corrected chi connectivity index (χ2v) is 4.57. The number of Topliss-reactive ketones (excluding diaryl/α,β-unsaturated/α-hetero) is 1. The first kappa shape index (κ1) is 11.7. The molecule has 1 aromatic rings. The van der Waals surface area contributed by atoms with E-state index in [0.29, 0.717) is 0 Å². The SMILES string of the molecule is CC(Br)C(=O)c1cc(CCl)ccc1F. The van der Waals surface area contributed by atoms with E-state index in [1.807, 2.05) is 0 Å². The average Bonchev–Trinajstić information content (AvgIpc) is 2.17. The number of carbonyl (C=O) groups excluding carboxylic acids is 1. The summed E-state index contributed by atoms with van der Waals surface area (Å²) in [6.45, 7) is 1.66. The van der Waals surface area contributed by atoms with Gasteiger partial charge in [0.2, 0.25) is 0 Å². The molecule has 0 saturated carbocycles. The summed E-state index contributed by atoms with van der Waals surface area (Å²) in [6.07, 6.45) is 0. The predicted molar refractivity (Wildman–Crippen MR) is 58.7 cm³/mol. The first-order chi connectivity index (χ1) is 6.56. The van der Waals surface area contributed by atoms with Crippen molar-refractivity contribution in [2.24, 2.45) is 0 Å². The third-order valence-electron chi connectivity index (χ3n) is 1.81. The lowest BCUT2D eigenvalue weighted by molar-refractivity contribution is 0.0992. The van der Waals surface area contributed by atoms with Crippen molar-refractivity contribution in [1.82, 2.24) is 0 Å². The highest BCUT2D eigenvalue weighted by Gasteiger charge is 2.16. The number of ketones is 1. The maximum absolute atomic E-state index is 13.2. The Hall–Kier alpha value is -0.410. The van der Waals surface area contributed by atoms with Gasteiger partial charge in [0.1, 0.15) is 5.82 Å². The Balaban J connectivity index is 3.12. The molecule has 4 heteroatoms. The Morgan fingerprint density at radius 2 is 2.29 bits per heavy atom. The van der Waals surface area contributed by atoms with E-state index in [4.69, 9.17) is 11.6 Å². The predicted octanol–water partition coefficient (Wildman–Crippen LogP) is 3.53. The minimum Gasteiger partial charge on any atom is -0.293 e. The third-order valence-corrected chi connectivity index (χ3v) is 2.54. The Bertz CT molecular complexity index is 352. The number of hydrogen-bond donors (Lipinski definition) is 0. The average molecular weight is 280 g/mol. The lowest BCUT2D eigenvalue weighted by Gasteiger charge is -2.05. The molecule has 76 valence electrons. The molecule has 0 N–H and O–H groups in total. The van der Waals surface area contributed by atoms with Gasteiger partial charge in [-0.1, -0.05) is 22.0 Å². The maximum Gasteiger partial charge on any atom is 0.179 e. The van der Waals surface area contributed by atoms with Gasteiger partial charge in [0.05, 0.1) is 10.4 Å². The molecule has 0 fully saturated rings. The minimum absolute atomic E-state index is 0.0903. The fourth-order valence-corrected chi connectivity index (χ4v) is 1.47. The van der Waals surface area contributed by atoms with Crippen LogP contribution in [0.4, 0.5) is 4.39 Å². The van der Waals surface area contributed by atoms with Crippen LogP contribution < -0.4 is 0 Å². The summed E-state index contributed by atoms with van der Waals surface area (Å²) in [5, 5.41) is 0. The van der Waals surface area contributed by atoms with Crippen LogP contribution in [0, 0.1) is 5.82 Å². The molecule has 1 atom stereocenters. The Morgan fingerprint density at radius 1 is 1.64 bits per heavy atom. The highest BCUT2D eigenvalue weighted by Crippen LogP contribution is 2.16. The van der Waals surface area contributed by atoms with E-state index in [-0.39, 0.29) is 22.1 Å². The molecule has 0 bridgehead atoms. The molecule has 0 aromatic heterocycles. The highest BCUT2D eigenvalue weighted by atomic mass is 79.9. The van der Waals surface area contributed by atoms with E-state index in [9.17, 15) is 9.18 Å². The van der Waals surface area contributed by atoms with Gasteiger partial charge in [-0.25, -0.2) is 4.39 Å². The van der Waals surface area contributed by atoms with Crippen molar-refractivity contribution < 1.29 is 9.18 Å². The number of carbonyl (C=O) groups is 1. The summed E-state index contributed by atoms with van der Waals surface area (Å²) in [4.78, 5) is 11.1. The zero-order valence-corrected chi connectivity index (χ0v) is 9.90. The lowest BCUT2D eigenvalue weighted by Crippen LogP contribution is -2.12. The van der Waals surface area contributed by atoms with Crippen molar-refractivity contribution in [3.8, 4) is 0 Å². The van der Waals surface area contributed by atoms with E-state index in [2.05, 4.69) is 15.9 Å². The lowest BCUT2D eigenvalue weighted by atomic mass is 10.1. The fourth-order valence-electron chi connectivity index (χ4n) is 1.06. The van der Waals surface area contributed by atoms with Crippen molar-refractivity contribution >= 4 is 33.3 Å². The molecule has 0 saturated heterocycles. The van der Waals surface area contributed by atoms with Gasteiger partial charge in [0.15, 0.2) is 5.78 Å². The summed E-state index contributed by atoms with van der Waals surface area (Å²) in [6, 6.07) is 4.32. The van der Waals surface area contributed by atoms with Crippen LogP contribution in [-0.2, 0) is 5.88 Å². The molecule has 1 rings (SSSR count). The van der Waals surface area contributed by atoms with Crippen LogP contribution >= 0.6 is 27.5 Å². The molecule has 0 aliphatic rings. The van der Waals surface area contributed by atoms with Gasteiger partial charge in [0, 0.05) is 5.88 Å². The molecule has 1 unspecified atom stereocenters. The monoisotopic (exact) mass is 278 g/mol. The number of rotatable bonds is 3. The molecule has 0 radical (unpaired) electrons. The molecule has 0 amide bonds. The van der Waals surface area contributed by atoms with Crippen molar-refractivity contribution in [2.45, 2.75) is 17.6 Å². The normalized spacial score (nSPS) is 12.6. The quantitative estimate of drug-likeness (QED) is 0.611. The van der Waals surface area contributed by atoms with Crippen LogP contribution in [0.15, 0.2) is 18.2 Å². The Labute approximate surface area is 95.4 Å². The fraction of sp³-hybridized carbons (Fsp3) is 0.300. The first-order valence-electron chi connectivity index (χ1n) is 4.09. The smallest absolute Gasteiger partial charge is 0.179 e. The zero-order valence-electron chi connectivity index (χ0n) is 7.56. The third kappa shape index (κ3) is 2.55. The van der Waals surface area contributed by atoms with Gasteiger partial charge in [0.25, 0.3) is 0 Å². The molecule has 0 heterocycles. The maximum atomic E-state index is 13.2. The second kappa shape index (κ2) is 4.89. The summed E-state index contributed by atoms with van der Waals surface area (Å²) in [5.74, 6) is -0.498. The van der Waals surface area contributed by atoms with Crippen LogP contribution in [0.3, 0.4) is 0 Å². The summed E-state index contributed by atoms with van der Waals surface area (Å²) in [7, 11) is 0. The zero-order chi connectivity index (χ0) is 10.7. The van der Waals surface area contributed by atoms with Crippen molar-refractivity contribution in [3.05, 3.63) is 35.1 Å². The van der Waals surface area contributed by atoms with Crippen LogP contribution in [0.25, 0.3) is 0 Å². The Kier molecular flexibility index (Phi) is 4.08. The summed E-state index contributed by atoms with van der Waals surface area (Å²) in [5.41, 5.74) is 0.831. The molecule has 14 heavy (non-hydrogen) atoms. The van der Waals surface area contributed by atoms with E-state index >= 15 is 0 Å². The topological polar surface area (TPSA) is 17.1 Å². The molecule has 1 nitrogen and oxygen atoms in total. The van der Waals surface area contributed by atoms with E-state index in [1.54, 1.807) is 13.0 Å². The first-order valence-corrected chi connectivity index (χ1v) is 5.54. The summed E-state index contributed by atoms with van der Waals surface area (Å²) < 4.78 is 13.2. The molecular formula is C10H9BrClFO. The molecular weight excluding hydrogens is 270 g/mol. The van der Waals surface area contributed by atoms with Crippen LogP contribution in [0.1, 0.15) is 22.8 Å². The van der Waals surface area contributed by atoms with Crippen molar-refractivity contribution in [1.29, 1.82) is 0 Å². The molecule has 0 aliphatic carbocycles. The molecule has 1 aromatic carbocycles. The molecule has 0 aliphatic heterocycles.